The van der Waals surface area contributed by atoms with Crippen LogP contribution in [-0.2, 0) is 28.6 Å². The maximum Gasteiger partial charge on any atom is 0.362 e. The molecule has 8 nitrogen and oxygen atoms in total. The van der Waals surface area contributed by atoms with Gasteiger partial charge in [-0.3, -0.25) is 9.59 Å². The fraction of sp³-hybridized carbons (Fsp3) is 0.674. The lowest BCUT2D eigenvalue weighted by molar-refractivity contribution is -0.887. The van der Waals surface area contributed by atoms with Gasteiger partial charge in [-0.15, -0.1) is 0 Å². The largest absolute Gasteiger partial charge is 0.477 e. The molecule has 0 aliphatic rings. The van der Waals surface area contributed by atoms with Crippen molar-refractivity contribution in [2.45, 2.75) is 161 Å². The molecule has 0 saturated heterocycles. The minimum absolute atomic E-state index is 0.0417. The zero-order valence-electron chi connectivity index (χ0n) is 34.9. The summed E-state index contributed by atoms with van der Waals surface area (Å²) in [7, 11) is 5.50. The lowest BCUT2D eigenvalue weighted by Crippen LogP contribution is -2.50. The van der Waals surface area contributed by atoms with Gasteiger partial charge in [-0.1, -0.05) is 125 Å². The molecule has 0 amide bonds. The quantitative estimate of drug-likeness (QED) is 0.0294. The van der Waals surface area contributed by atoms with E-state index in [2.05, 4.69) is 86.8 Å². The number of allylic oxidation sites excluding steroid dienone is 12. The zero-order chi connectivity index (χ0) is 40.0. The highest BCUT2D eigenvalue weighted by Gasteiger charge is 2.31. The molecule has 0 aromatic carbocycles. The molecule has 0 fully saturated rings. The van der Waals surface area contributed by atoms with Crippen LogP contribution in [0, 0.1) is 0 Å². The second-order valence-electron chi connectivity index (χ2n) is 14.8. The van der Waals surface area contributed by atoms with E-state index in [1.54, 1.807) is 0 Å². The molecule has 1 N–H and O–H groups in total. The summed E-state index contributed by atoms with van der Waals surface area (Å²) in [6.07, 6.45) is 45.1. The van der Waals surface area contributed by atoms with E-state index in [1.165, 1.54) is 25.7 Å². The molecule has 308 valence electrons. The number of carboxylic acids is 1. The van der Waals surface area contributed by atoms with Crippen LogP contribution in [0.15, 0.2) is 72.9 Å². The molecule has 2 atom stereocenters. The summed E-state index contributed by atoms with van der Waals surface area (Å²) in [6.45, 7) is 4.45. The van der Waals surface area contributed by atoms with Crippen LogP contribution in [-0.4, -0.2) is 80.6 Å². The van der Waals surface area contributed by atoms with Gasteiger partial charge in [0.2, 0.25) is 0 Å². The molecule has 0 rings (SSSR count). The average molecular weight is 757 g/mol. The fourth-order valence-corrected chi connectivity index (χ4v) is 5.65. The first kappa shape index (κ1) is 50.8. The number of carbonyl (C=O) groups excluding carboxylic acids is 2. The number of nitrogens with zero attached hydrogens (tertiary/aromatic N) is 1. The van der Waals surface area contributed by atoms with Crippen LogP contribution in [0.2, 0.25) is 0 Å². The Hall–Kier alpha value is -3.23. The van der Waals surface area contributed by atoms with Crippen molar-refractivity contribution in [1.82, 2.24) is 0 Å². The number of unbranched alkanes of at least 4 members (excludes halogenated alkanes) is 10. The van der Waals surface area contributed by atoms with Crippen molar-refractivity contribution < 1.29 is 38.2 Å². The summed E-state index contributed by atoms with van der Waals surface area (Å²) < 4.78 is 17.2. The lowest BCUT2D eigenvalue weighted by atomic mass is 10.1. The van der Waals surface area contributed by atoms with Gasteiger partial charge >= 0.3 is 17.9 Å². The van der Waals surface area contributed by atoms with Gasteiger partial charge in [0.05, 0.1) is 34.4 Å². The van der Waals surface area contributed by atoms with Gasteiger partial charge in [0.15, 0.2) is 12.1 Å². The smallest absolute Gasteiger partial charge is 0.362 e. The average Bonchev–Trinajstić information content (AvgIpc) is 3.12. The predicted octanol–water partition coefficient (Wildman–Crippen LogP) is 11.2. The summed E-state index contributed by atoms with van der Waals surface area (Å²) in [5.41, 5.74) is 0. The summed E-state index contributed by atoms with van der Waals surface area (Å²) in [5, 5.41) is 9.61. The predicted molar refractivity (Wildman–Crippen MR) is 224 cm³/mol. The topological polar surface area (TPSA) is 99.1 Å². The molecular formula is C46H78NO7+. The van der Waals surface area contributed by atoms with Crippen molar-refractivity contribution in [3.63, 3.8) is 0 Å². The Morgan fingerprint density at radius 1 is 0.556 bits per heavy atom. The van der Waals surface area contributed by atoms with E-state index >= 15 is 0 Å². The number of ether oxygens (including phenoxy) is 3. The zero-order valence-corrected chi connectivity index (χ0v) is 34.9. The highest BCUT2D eigenvalue weighted by Crippen LogP contribution is 2.13. The Morgan fingerprint density at radius 3 is 1.46 bits per heavy atom. The van der Waals surface area contributed by atoms with Crippen LogP contribution in [0.3, 0.4) is 0 Å². The van der Waals surface area contributed by atoms with E-state index in [-0.39, 0.29) is 42.7 Å². The number of esters is 2. The molecule has 0 aromatic heterocycles. The minimum atomic E-state index is -0.885. The molecule has 0 radical (unpaired) electrons. The van der Waals surface area contributed by atoms with Crippen LogP contribution in [0.1, 0.15) is 149 Å². The number of carbonyl (C=O) groups is 3. The molecule has 0 saturated carbocycles. The monoisotopic (exact) mass is 757 g/mol. The SMILES string of the molecule is CC/C=C/C/C=C/C/C=C/C/C=C/CCCCCC(=O)OC(COCCC(C(=O)O)[N+](C)(C)C)COC(=O)CCCCCCCCC/C=C/C/C=C/CC. The molecule has 8 heteroatoms. The van der Waals surface area contributed by atoms with E-state index in [0.29, 0.717) is 12.8 Å². The van der Waals surface area contributed by atoms with E-state index in [0.717, 1.165) is 89.9 Å². The third-order valence-electron chi connectivity index (χ3n) is 8.85. The number of carboxylic acid groups (broad SMARTS) is 1. The van der Waals surface area contributed by atoms with Crippen molar-refractivity contribution >= 4 is 17.9 Å². The Bertz CT molecular complexity index is 1110. The fourth-order valence-electron chi connectivity index (χ4n) is 5.65. The summed E-state index contributed by atoms with van der Waals surface area (Å²) in [5.74, 6) is -1.53. The first-order chi connectivity index (χ1) is 26.1. The minimum Gasteiger partial charge on any atom is -0.477 e. The number of rotatable bonds is 36. The molecule has 0 bridgehead atoms. The van der Waals surface area contributed by atoms with Gasteiger partial charge in [0, 0.05) is 19.3 Å². The van der Waals surface area contributed by atoms with Crippen LogP contribution in [0.4, 0.5) is 0 Å². The van der Waals surface area contributed by atoms with Crippen LogP contribution in [0.25, 0.3) is 0 Å². The number of likely N-dealkylation sites (N-methyl/N-ethyl adjacent to an activating group) is 1. The Balaban J connectivity index is 4.46. The molecule has 0 aromatic rings. The highest BCUT2D eigenvalue weighted by molar-refractivity contribution is 5.72. The van der Waals surface area contributed by atoms with Gasteiger partial charge in [-0.2, -0.15) is 0 Å². The number of hydrogen-bond donors (Lipinski definition) is 1. The van der Waals surface area contributed by atoms with Gasteiger partial charge in [0.25, 0.3) is 0 Å². The van der Waals surface area contributed by atoms with Crippen molar-refractivity contribution in [2.75, 3.05) is 41.0 Å². The highest BCUT2D eigenvalue weighted by atomic mass is 16.6. The summed E-state index contributed by atoms with van der Waals surface area (Å²) in [4.78, 5) is 36.9. The normalized spacial score (nSPS) is 13.7. The molecule has 2 unspecified atom stereocenters. The Kier molecular flexibility index (Phi) is 34.5. The number of hydrogen-bond acceptors (Lipinski definition) is 6. The maximum absolute atomic E-state index is 12.7. The van der Waals surface area contributed by atoms with E-state index in [9.17, 15) is 19.5 Å². The summed E-state index contributed by atoms with van der Waals surface area (Å²) in [6, 6.07) is -0.624. The van der Waals surface area contributed by atoms with Crippen LogP contribution in [0.5, 0.6) is 0 Å². The molecular weight excluding hydrogens is 679 g/mol. The van der Waals surface area contributed by atoms with Crippen LogP contribution < -0.4 is 0 Å². The third-order valence-corrected chi connectivity index (χ3v) is 8.85. The summed E-state index contributed by atoms with van der Waals surface area (Å²) >= 11 is 0. The lowest BCUT2D eigenvalue weighted by Gasteiger charge is -2.31. The first-order valence-corrected chi connectivity index (χ1v) is 21.0. The Labute approximate surface area is 330 Å². The van der Waals surface area contributed by atoms with Crippen molar-refractivity contribution in [1.29, 1.82) is 0 Å². The molecule has 54 heavy (non-hydrogen) atoms. The molecule has 0 aliphatic heterocycles. The second kappa shape index (κ2) is 36.7. The van der Waals surface area contributed by atoms with E-state index in [1.807, 2.05) is 21.1 Å². The standard InChI is InChI=1S/C46H77NO7/c1-6-8-10-12-14-16-18-20-22-23-25-27-29-31-33-35-37-45(49)54-42(40-52-39-38-43(46(50)51)47(3,4)5)41-53-44(48)36-34-32-30-28-26-24-21-19-17-15-13-11-9-7-2/h8-11,14-17,20,22,25,27,42-43H,6-7,12-13,18-19,21,23-24,26,28-41H2,1-5H3/p+1/b10-8+,11-9+,16-14+,17-15+,22-20+,27-25+. The van der Waals surface area contributed by atoms with Gasteiger partial charge < -0.3 is 23.8 Å². The first-order valence-electron chi connectivity index (χ1n) is 21.0. The maximum atomic E-state index is 12.7. The Morgan fingerprint density at radius 2 is 0.981 bits per heavy atom. The molecule has 0 spiro atoms. The van der Waals surface area contributed by atoms with Crippen molar-refractivity contribution in [3.05, 3.63) is 72.9 Å². The van der Waals surface area contributed by atoms with E-state index in [4.69, 9.17) is 14.2 Å². The van der Waals surface area contributed by atoms with Gasteiger partial charge in [0.1, 0.15) is 6.61 Å². The third kappa shape index (κ3) is 34.5. The second-order valence-corrected chi connectivity index (χ2v) is 14.8. The molecule has 0 heterocycles. The molecule has 0 aliphatic carbocycles. The number of aliphatic carboxylic acids is 1. The van der Waals surface area contributed by atoms with Gasteiger partial charge in [-0.25, -0.2) is 4.79 Å². The number of quaternary nitrogens is 1. The van der Waals surface area contributed by atoms with Crippen molar-refractivity contribution in [2.24, 2.45) is 0 Å². The van der Waals surface area contributed by atoms with Crippen LogP contribution >= 0.6 is 0 Å². The van der Waals surface area contributed by atoms with Crippen molar-refractivity contribution in [3.8, 4) is 0 Å². The van der Waals surface area contributed by atoms with Gasteiger partial charge in [-0.05, 0) is 77.0 Å². The van der Waals surface area contributed by atoms with E-state index < -0.39 is 18.1 Å².